The van der Waals surface area contributed by atoms with Crippen LogP contribution in [-0.2, 0) is 14.3 Å². The Kier molecular flexibility index (Phi) is 8.66. The lowest BCUT2D eigenvalue weighted by atomic mass is 9.61. The highest BCUT2D eigenvalue weighted by Crippen LogP contribution is 2.53. The van der Waals surface area contributed by atoms with Gasteiger partial charge in [0.05, 0.1) is 19.3 Å². The topological polar surface area (TPSA) is 83.8 Å². The number of benzene rings is 1. The van der Waals surface area contributed by atoms with Crippen molar-refractivity contribution in [3.05, 3.63) is 47.5 Å². The molecule has 32 heavy (non-hydrogen) atoms. The van der Waals surface area contributed by atoms with Crippen LogP contribution < -0.4 is 0 Å². The summed E-state index contributed by atoms with van der Waals surface area (Å²) in [6.45, 7) is 2.16. The summed E-state index contributed by atoms with van der Waals surface area (Å²) < 4.78 is 4.65. The molecular formula is C27H38O5. The minimum absolute atomic E-state index is 0.0240. The summed E-state index contributed by atoms with van der Waals surface area (Å²) in [5.74, 6) is -0.633. The van der Waals surface area contributed by atoms with Crippen LogP contribution in [0.25, 0.3) is 0 Å². The Balaban J connectivity index is 1.69. The Hall–Kier alpha value is -1.98. The van der Waals surface area contributed by atoms with Gasteiger partial charge < -0.3 is 14.9 Å². The average Bonchev–Trinajstić information content (AvgIpc) is 3.05. The second-order valence-electron chi connectivity index (χ2n) is 9.58. The normalized spacial score (nSPS) is 25.6. The molecule has 2 aliphatic rings. The average molecular weight is 443 g/mol. The molecule has 1 unspecified atom stereocenters. The van der Waals surface area contributed by atoms with Gasteiger partial charge in [-0.15, -0.1) is 0 Å². The Morgan fingerprint density at radius 3 is 2.75 bits per heavy atom. The predicted octanol–water partition coefficient (Wildman–Crippen LogP) is 5.01. The third kappa shape index (κ3) is 5.49. The number of aliphatic hydroxyl groups excluding tert-OH is 2. The van der Waals surface area contributed by atoms with E-state index < -0.39 is 12.2 Å². The zero-order valence-electron chi connectivity index (χ0n) is 19.5. The van der Waals surface area contributed by atoms with Crippen molar-refractivity contribution < 1.29 is 24.5 Å². The summed E-state index contributed by atoms with van der Waals surface area (Å²) in [5, 5.41) is 21.9. The number of hydrogen-bond donors (Lipinski definition) is 2. The summed E-state index contributed by atoms with van der Waals surface area (Å²) in [7, 11) is 1.39. The van der Waals surface area contributed by atoms with E-state index in [1.165, 1.54) is 13.5 Å². The lowest BCUT2D eigenvalue weighted by molar-refractivity contribution is -0.140. The summed E-state index contributed by atoms with van der Waals surface area (Å²) >= 11 is 0. The minimum atomic E-state index is -0.694. The smallest absolute Gasteiger partial charge is 0.305 e. The molecular weight excluding hydrogens is 404 g/mol. The quantitative estimate of drug-likeness (QED) is 0.286. The Labute approximate surface area is 191 Å². The number of Topliss-reactive ketones (excluding diaryl/α,β-unsaturated/α-hetero) is 1. The van der Waals surface area contributed by atoms with Crippen molar-refractivity contribution in [2.45, 2.75) is 89.3 Å². The van der Waals surface area contributed by atoms with E-state index in [0.29, 0.717) is 19.3 Å². The number of ketones is 1. The lowest BCUT2D eigenvalue weighted by Gasteiger charge is -2.46. The van der Waals surface area contributed by atoms with Crippen molar-refractivity contribution >= 4 is 11.8 Å². The second-order valence-corrected chi connectivity index (χ2v) is 9.58. The number of carbonyl (C=O) groups excluding carboxylic acids is 2. The predicted molar refractivity (Wildman–Crippen MR) is 124 cm³/mol. The molecule has 0 aromatic heterocycles. The molecule has 0 spiro atoms. The van der Waals surface area contributed by atoms with Crippen LogP contribution in [0.3, 0.4) is 0 Å². The second kappa shape index (κ2) is 11.2. The van der Waals surface area contributed by atoms with Gasteiger partial charge in [0.25, 0.3) is 0 Å². The van der Waals surface area contributed by atoms with Gasteiger partial charge in [-0.1, -0.05) is 56.2 Å². The number of aliphatic hydroxyl groups is 2. The maximum atomic E-state index is 12.6. The fourth-order valence-corrected chi connectivity index (χ4v) is 5.59. The van der Waals surface area contributed by atoms with E-state index in [-0.39, 0.29) is 35.4 Å². The van der Waals surface area contributed by atoms with Crippen LogP contribution in [0.2, 0.25) is 0 Å². The molecule has 1 aromatic carbocycles. The molecule has 0 heterocycles. The fourth-order valence-electron chi connectivity index (χ4n) is 5.59. The molecule has 0 saturated heterocycles. The molecule has 5 nitrogen and oxygen atoms in total. The zero-order valence-corrected chi connectivity index (χ0v) is 19.5. The van der Waals surface area contributed by atoms with Gasteiger partial charge in [0, 0.05) is 30.1 Å². The fraction of sp³-hybridized carbons (Fsp3) is 0.630. The molecule has 2 saturated carbocycles. The summed E-state index contributed by atoms with van der Waals surface area (Å²) in [5.41, 5.74) is 1.82. The van der Waals surface area contributed by atoms with E-state index in [1.54, 1.807) is 0 Å². The van der Waals surface area contributed by atoms with Gasteiger partial charge in [0.1, 0.15) is 5.78 Å². The molecule has 3 rings (SSSR count). The van der Waals surface area contributed by atoms with Crippen molar-refractivity contribution in [2.75, 3.05) is 7.11 Å². The molecule has 0 amide bonds. The van der Waals surface area contributed by atoms with E-state index >= 15 is 0 Å². The third-order valence-electron chi connectivity index (χ3n) is 7.50. The first-order valence-electron chi connectivity index (χ1n) is 12.1. The highest BCUT2D eigenvalue weighted by molar-refractivity contribution is 5.85. The molecule has 0 radical (unpaired) electrons. The van der Waals surface area contributed by atoms with E-state index in [1.807, 2.05) is 36.4 Å². The zero-order chi connectivity index (χ0) is 23.1. The SMILES string of the molecule is CCCC1(C(O)c2cccc([C@H]3[C@H](O)CC(=O)[C@@H]3C/C=C\CCCC(=O)OC)c2)CCC1. The first-order chi connectivity index (χ1) is 15.4. The van der Waals surface area contributed by atoms with Gasteiger partial charge in [0.15, 0.2) is 0 Å². The van der Waals surface area contributed by atoms with Crippen molar-refractivity contribution in [3.63, 3.8) is 0 Å². The largest absolute Gasteiger partial charge is 0.469 e. The molecule has 0 bridgehead atoms. The molecule has 2 fully saturated rings. The van der Waals surface area contributed by atoms with E-state index in [4.69, 9.17) is 0 Å². The Morgan fingerprint density at radius 2 is 2.09 bits per heavy atom. The van der Waals surface area contributed by atoms with E-state index in [9.17, 15) is 19.8 Å². The van der Waals surface area contributed by atoms with Gasteiger partial charge in [-0.05, 0) is 49.7 Å². The van der Waals surface area contributed by atoms with Crippen LogP contribution in [-0.4, -0.2) is 35.2 Å². The Morgan fingerprint density at radius 1 is 1.31 bits per heavy atom. The number of rotatable bonds is 11. The van der Waals surface area contributed by atoms with E-state index in [2.05, 4.69) is 11.7 Å². The Bertz CT molecular complexity index is 810. The highest BCUT2D eigenvalue weighted by atomic mass is 16.5. The minimum Gasteiger partial charge on any atom is -0.469 e. The standard InChI is InChI=1S/C27H38O5/c1-3-14-27(15-9-16-27)26(31)20-11-8-10-19(17-20)25-21(22(28)18-23(25)29)12-6-4-5-7-13-24(30)32-2/h4,6,8,10-11,17,21,23,25-26,29,31H,3,5,7,9,12-16,18H2,1-2H3/b6-4-/t21-,23+,25+,26?/m0/s1. The van der Waals surface area contributed by atoms with Gasteiger partial charge in [0.2, 0.25) is 0 Å². The maximum Gasteiger partial charge on any atom is 0.305 e. The van der Waals surface area contributed by atoms with Gasteiger partial charge in [-0.25, -0.2) is 0 Å². The third-order valence-corrected chi connectivity index (χ3v) is 7.50. The lowest BCUT2D eigenvalue weighted by Crippen LogP contribution is -2.36. The van der Waals surface area contributed by atoms with Crippen molar-refractivity contribution in [1.82, 2.24) is 0 Å². The van der Waals surface area contributed by atoms with Gasteiger partial charge in [-0.2, -0.15) is 0 Å². The molecule has 176 valence electrons. The molecule has 5 heteroatoms. The summed E-state index contributed by atoms with van der Waals surface area (Å²) in [4.78, 5) is 23.8. The monoisotopic (exact) mass is 442 g/mol. The number of carbonyl (C=O) groups is 2. The van der Waals surface area contributed by atoms with Crippen LogP contribution in [0.1, 0.15) is 94.3 Å². The van der Waals surface area contributed by atoms with Crippen LogP contribution in [0.5, 0.6) is 0 Å². The van der Waals surface area contributed by atoms with Crippen LogP contribution in [0, 0.1) is 11.3 Å². The van der Waals surface area contributed by atoms with Crippen molar-refractivity contribution in [1.29, 1.82) is 0 Å². The number of allylic oxidation sites excluding steroid dienone is 2. The first kappa shape index (κ1) is 24.7. The molecule has 4 atom stereocenters. The number of hydrogen-bond acceptors (Lipinski definition) is 5. The van der Waals surface area contributed by atoms with Gasteiger partial charge in [-0.3, -0.25) is 9.59 Å². The summed E-state index contributed by atoms with van der Waals surface area (Å²) in [6, 6.07) is 7.91. The number of ether oxygens (including phenoxy) is 1. The number of unbranched alkanes of at least 4 members (excludes halogenated alkanes) is 1. The molecule has 0 aliphatic heterocycles. The van der Waals surface area contributed by atoms with E-state index in [0.717, 1.165) is 43.2 Å². The number of esters is 1. The summed E-state index contributed by atoms with van der Waals surface area (Å²) in [6.07, 6.45) is 10.8. The highest BCUT2D eigenvalue weighted by Gasteiger charge is 2.44. The van der Waals surface area contributed by atoms with Crippen molar-refractivity contribution in [2.24, 2.45) is 11.3 Å². The molecule has 1 aromatic rings. The molecule has 2 aliphatic carbocycles. The molecule has 2 N–H and O–H groups in total. The first-order valence-corrected chi connectivity index (χ1v) is 12.1. The van der Waals surface area contributed by atoms with Crippen LogP contribution in [0.4, 0.5) is 0 Å². The van der Waals surface area contributed by atoms with Crippen molar-refractivity contribution in [3.8, 4) is 0 Å². The van der Waals surface area contributed by atoms with Gasteiger partial charge >= 0.3 is 5.97 Å². The maximum absolute atomic E-state index is 12.6. The van der Waals surface area contributed by atoms with Crippen LogP contribution in [0.15, 0.2) is 36.4 Å². The van der Waals surface area contributed by atoms with Crippen LogP contribution >= 0.6 is 0 Å². The number of methoxy groups -OCH3 is 1.